The minimum absolute atomic E-state index is 0.377. The summed E-state index contributed by atoms with van der Waals surface area (Å²) < 4.78 is 74.4. The molecule has 13 heteroatoms. The number of ether oxygens (including phenoxy) is 2. The first kappa shape index (κ1) is 25.3. The maximum Gasteiger partial charge on any atom is 0.417 e. The van der Waals surface area contributed by atoms with E-state index in [9.17, 15) is 26.4 Å². The summed E-state index contributed by atoms with van der Waals surface area (Å²) in [5.41, 5.74) is 0.981. The number of sulfonamides is 1. The van der Waals surface area contributed by atoms with Crippen molar-refractivity contribution in [3.63, 3.8) is 0 Å². The van der Waals surface area contributed by atoms with Crippen LogP contribution in [0, 0.1) is 0 Å². The fourth-order valence-corrected chi connectivity index (χ4v) is 3.64. The van der Waals surface area contributed by atoms with E-state index in [1.165, 1.54) is 20.4 Å². The molecule has 0 saturated heterocycles. The Labute approximate surface area is 187 Å². The van der Waals surface area contributed by atoms with Gasteiger partial charge in [0.1, 0.15) is 18.0 Å². The zero-order valence-electron chi connectivity index (χ0n) is 17.1. The molecule has 174 valence electrons. The lowest BCUT2D eigenvalue weighted by Crippen LogP contribution is -2.39. The van der Waals surface area contributed by atoms with E-state index in [2.05, 4.69) is 10.5 Å². The lowest BCUT2D eigenvalue weighted by atomic mass is 10.2. The van der Waals surface area contributed by atoms with Crippen LogP contribution in [0.1, 0.15) is 11.1 Å². The van der Waals surface area contributed by atoms with Gasteiger partial charge < -0.3 is 9.47 Å². The number of alkyl halides is 3. The predicted molar refractivity (Wildman–Crippen MR) is 114 cm³/mol. The number of nitrogens with zero attached hydrogens (tertiary/aromatic N) is 2. The minimum Gasteiger partial charge on any atom is -0.497 e. The van der Waals surface area contributed by atoms with Gasteiger partial charge in [0.05, 0.1) is 43.0 Å². The van der Waals surface area contributed by atoms with Gasteiger partial charge in [0.2, 0.25) is 10.0 Å². The Kier molecular flexibility index (Phi) is 7.97. The van der Waals surface area contributed by atoms with Gasteiger partial charge in [0.15, 0.2) is 0 Å². The number of hydrogen-bond donors (Lipinski definition) is 1. The SMILES string of the molecule is COc1ccc(OC)c(/C=N\NC(=O)CN(c2ccc(Cl)c(C(F)(F)F)c2)S(C)(=O)=O)c1. The van der Waals surface area contributed by atoms with Crippen LogP contribution in [0.2, 0.25) is 5.02 Å². The van der Waals surface area contributed by atoms with Crippen LogP contribution in [0.4, 0.5) is 18.9 Å². The van der Waals surface area contributed by atoms with Gasteiger partial charge in [-0.2, -0.15) is 18.3 Å². The van der Waals surface area contributed by atoms with Crippen molar-refractivity contribution in [3.05, 3.63) is 52.5 Å². The first-order valence-corrected chi connectivity index (χ1v) is 11.0. The molecular weight excluding hydrogens is 475 g/mol. The molecule has 1 N–H and O–H groups in total. The largest absolute Gasteiger partial charge is 0.497 e. The maximum atomic E-state index is 13.1. The van der Waals surface area contributed by atoms with Crippen LogP contribution < -0.4 is 19.2 Å². The molecule has 0 atom stereocenters. The van der Waals surface area contributed by atoms with Crippen LogP contribution >= 0.6 is 11.6 Å². The lowest BCUT2D eigenvalue weighted by Gasteiger charge is -2.22. The van der Waals surface area contributed by atoms with Gasteiger partial charge in [-0.3, -0.25) is 9.10 Å². The Balaban J connectivity index is 2.23. The molecule has 0 aliphatic rings. The summed E-state index contributed by atoms with van der Waals surface area (Å²) in [5, 5.41) is 3.14. The third-order valence-electron chi connectivity index (χ3n) is 4.06. The highest BCUT2D eigenvalue weighted by atomic mass is 35.5. The number of hydrogen-bond acceptors (Lipinski definition) is 6. The molecule has 0 aliphatic carbocycles. The van der Waals surface area contributed by atoms with Crippen molar-refractivity contribution in [2.45, 2.75) is 6.18 Å². The van der Waals surface area contributed by atoms with E-state index in [1.54, 1.807) is 18.2 Å². The van der Waals surface area contributed by atoms with Crippen LogP contribution in [0.3, 0.4) is 0 Å². The molecular formula is C19H19ClF3N3O5S. The molecule has 2 aromatic rings. The van der Waals surface area contributed by atoms with E-state index in [0.29, 0.717) is 27.4 Å². The van der Waals surface area contributed by atoms with Crippen LogP contribution in [0.25, 0.3) is 0 Å². The van der Waals surface area contributed by atoms with Gasteiger partial charge in [-0.1, -0.05) is 11.6 Å². The smallest absolute Gasteiger partial charge is 0.417 e. The number of rotatable bonds is 8. The molecule has 1 amide bonds. The third kappa shape index (κ3) is 6.50. The third-order valence-corrected chi connectivity index (χ3v) is 5.53. The standard InChI is InChI=1S/C19H19ClF3N3O5S/c1-30-14-5-7-17(31-2)12(8-14)10-24-25-18(27)11-26(32(3,28)29)13-4-6-16(20)15(9-13)19(21,22)23/h4-10H,11H2,1-3H3,(H,25,27)/b24-10-. The number of nitrogens with one attached hydrogen (secondary N) is 1. The molecule has 0 heterocycles. The van der Waals surface area contributed by atoms with Crippen molar-refractivity contribution in [1.29, 1.82) is 0 Å². The summed E-state index contributed by atoms with van der Waals surface area (Å²) in [5.74, 6) is 0.0458. The monoisotopic (exact) mass is 493 g/mol. The average Bonchev–Trinajstić information content (AvgIpc) is 2.70. The second-order valence-electron chi connectivity index (χ2n) is 6.33. The van der Waals surface area contributed by atoms with Crippen molar-refractivity contribution in [2.24, 2.45) is 5.10 Å². The van der Waals surface area contributed by atoms with E-state index in [-0.39, 0.29) is 5.69 Å². The quantitative estimate of drug-likeness (QED) is 0.449. The van der Waals surface area contributed by atoms with E-state index in [0.717, 1.165) is 18.4 Å². The summed E-state index contributed by atoms with van der Waals surface area (Å²) in [6.45, 7) is -0.815. The average molecular weight is 494 g/mol. The Morgan fingerprint density at radius 3 is 2.44 bits per heavy atom. The summed E-state index contributed by atoms with van der Waals surface area (Å²) in [4.78, 5) is 12.3. The Morgan fingerprint density at radius 1 is 1.19 bits per heavy atom. The van der Waals surface area contributed by atoms with Crippen molar-refractivity contribution in [1.82, 2.24) is 5.43 Å². The first-order chi connectivity index (χ1) is 14.9. The number of methoxy groups -OCH3 is 2. The first-order valence-electron chi connectivity index (χ1n) is 8.75. The molecule has 0 saturated carbocycles. The van der Waals surface area contributed by atoms with Gasteiger partial charge in [-0.15, -0.1) is 0 Å². The molecule has 2 aromatic carbocycles. The van der Waals surface area contributed by atoms with Crippen LogP contribution in [-0.4, -0.2) is 47.6 Å². The van der Waals surface area contributed by atoms with Crippen molar-refractivity contribution in [2.75, 3.05) is 31.3 Å². The van der Waals surface area contributed by atoms with Gasteiger partial charge in [0, 0.05) is 5.56 Å². The summed E-state index contributed by atoms with van der Waals surface area (Å²) in [7, 11) is -1.21. The van der Waals surface area contributed by atoms with Crippen molar-refractivity contribution in [3.8, 4) is 11.5 Å². The van der Waals surface area contributed by atoms with E-state index < -0.39 is 39.2 Å². The fraction of sp³-hybridized carbons (Fsp3) is 0.263. The maximum absolute atomic E-state index is 13.1. The molecule has 8 nitrogen and oxygen atoms in total. The highest BCUT2D eigenvalue weighted by Gasteiger charge is 2.34. The van der Waals surface area contributed by atoms with E-state index >= 15 is 0 Å². The second-order valence-corrected chi connectivity index (χ2v) is 8.65. The van der Waals surface area contributed by atoms with E-state index in [4.69, 9.17) is 21.1 Å². The number of hydrazone groups is 1. The number of amides is 1. The molecule has 0 aromatic heterocycles. The number of benzene rings is 2. The van der Waals surface area contributed by atoms with Crippen LogP contribution in [0.5, 0.6) is 11.5 Å². The summed E-state index contributed by atoms with van der Waals surface area (Å²) >= 11 is 5.57. The summed E-state index contributed by atoms with van der Waals surface area (Å²) in [6, 6.07) is 7.39. The Hall–Kier alpha value is -2.99. The molecule has 0 radical (unpaired) electrons. The number of carbonyl (C=O) groups is 1. The molecule has 0 aliphatic heterocycles. The van der Waals surface area contributed by atoms with Gasteiger partial charge in [-0.25, -0.2) is 13.8 Å². The molecule has 0 spiro atoms. The topological polar surface area (TPSA) is 97.3 Å². The van der Waals surface area contributed by atoms with E-state index in [1.807, 2.05) is 0 Å². The van der Waals surface area contributed by atoms with Crippen molar-refractivity contribution >= 4 is 39.4 Å². The molecule has 0 unspecified atom stereocenters. The normalized spacial score (nSPS) is 12.0. The lowest BCUT2D eigenvalue weighted by molar-refractivity contribution is -0.137. The molecule has 2 rings (SSSR count). The predicted octanol–water partition coefficient (Wildman–Crippen LogP) is 3.29. The molecule has 32 heavy (non-hydrogen) atoms. The zero-order valence-corrected chi connectivity index (χ0v) is 18.7. The number of halogens is 4. The van der Waals surface area contributed by atoms with Gasteiger partial charge in [0.25, 0.3) is 5.91 Å². The van der Waals surface area contributed by atoms with Gasteiger partial charge >= 0.3 is 6.18 Å². The van der Waals surface area contributed by atoms with Gasteiger partial charge in [-0.05, 0) is 36.4 Å². The van der Waals surface area contributed by atoms with Crippen molar-refractivity contribution < 1.29 is 35.9 Å². The fourth-order valence-electron chi connectivity index (χ4n) is 2.57. The minimum atomic E-state index is -4.81. The highest BCUT2D eigenvalue weighted by molar-refractivity contribution is 7.92. The second kappa shape index (κ2) is 10.1. The number of carbonyl (C=O) groups excluding carboxylic acids is 1. The molecule has 0 fully saturated rings. The summed E-state index contributed by atoms with van der Waals surface area (Å²) in [6.07, 6.45) is -2.81. The molecule has 0 bridgehead atoms. The zero-order chi connectivity index (χ0) is 24.1. The Bertz CT molecular complexity index is 1120. The Morgan fingerprint density at radius 2 is 1.88 bits per heavy atom. The number of anilines is 1. The highest BCUT2D eigenvalue weighted by Crippen LogP contribution is 2.37. The van der Waals surface area contributed by atoms with Crippen LogP contribution in [0.15, 0.2) is 41.5 Å². The van der Waals surface area contributed by atoms with Crippen LogP contribution in [-0.2, 0) is 21.0 Å².